The van der Waals surface area contributed by atoms with Crippen LogP contribution in [-0.2, 0) is 0 Å². The number of aliphatic imine (C=N–C) groups is 1. The highest BCUT2D eigenvalue weighted by atomic mass is 32.2. The molecule has 0 aliphatic rings. The van der Waals surface area contributed by atoms with E-state index in [0.29, 0.717) is 23.4 Å². The van der Waals surface area contributed by atoms with E-state index in [1.165, 1.54) is 23.9 Å². The van der Waals surface area contributed by atoms with Gasteiger partial charge in [-0.2, -0.15) is 0 Å². The molecule has 0 saturated carbocycles. The predicted molar refractivity (Wildman–Crippen MR) is 75.7 cm³/mol. The third-order valence-corrected chi connectivity index (χ3v) is 2.82. The number of halogens is 1. The monoisotopic (exact) mass is 270 g/mol. The van der Waals surface area contributed by atoms with Gasteiger partial charge in [0.25, 0.3) is 0 Å². The summed E-state index contributed by atoms with van der Waals surface area (Å²) in [6.45, 7) is 5.46. The first-order chi connectivity index (χ1) is 8.58. The van der Waals surface area contributed by atoms with Crippen LogP contribution < -0.4 is 10.5 Å². The number of hydrogen-bond acceptors (Lipinski definition) is 3. The molecule has 2 N–H and O–H groups in total. The second-order valence-corrected chi connectivity index (χ2v) is 5.34. The van der Waals surface area contributed by atoms with Gasteiger partial charge in [0.05, 0.1) is 6.61 Å². The van der Waals surface area contributed by atoms with Crippen molar-refractivity contribution in [1.82, 2.24) is 0 Å². The van der Waals surface area contributed by atoms with Crippen LogP contribution in [0.5, 0.6) is 5.75 Å². The van der Waals surface area contributed by atoms with Crippen molar-refractivity contribution in [3.8, 4) is 5.75 Å². The zero-order valence-electron chi connectivity index (χ0n) is 10.7. The number of rotatable bonds is 6. The first-order valence-electron chi connectivity index (χ1n) is 5.89. The number of hydrogen-bond donors (Lipinski definition) is 1. The maximum Gasteiger partial charge on any atom is 0.154 e. The summed E-state index contributed by atoms with van der Waals surface area (Å²) in [5, 5.41) is 0.589. The highest BCUT2D eigenvalue weighted by Gasteiger charge is 1.98. The minimum absolute atomic E-state index is 0.262. The standard InChI is InChI=1S/C13H19FN2OS/c1-10(2)9-16-13(15)18-8-7-17-12-5-3-11(14)4-6-12/h3-6,10H,7-9H2,1-2H3,(H2,15,16). The Bertz CT molecular complexity index is 379. The molecular weight excluding hydrogens is 251 g/mol. The lowest BCUT2D eigenvalue weighted by atomic mass is 10.2. The smallest absolute Gasteiger partial charge is 0.154 e. The molecule has 18 heavy (non-hydrogen) atoms. The van der Waals surface area contributed by atoms with Gasteiger partial charge in [0.1, 0.15) is 11.6 Å². The maximum absolute atomic E-state index is 12.6. The Morgan fingerprint density at radius 3 is 2.67 bits per heavy atom. The fraction of sp³-hybridized carbons (Fsp3) is 0.462. The molecule has 0 atom stereocenters. The summed E-state index contributed by atoms with van der Waals surface area (Å²) >= 11 is 1.47. The number of thioether (sulfide) groups is 1. The highest BCUT2D eigenvalue weighted by Crippen LogP contribution is 2.11. The molecule has 0 spiro atoms. The fourth-order valence-electron chi connectivity index (χ4n) is 1.15. The largest absolute Gasteiger partial charge is 0.493 e. The molecule has 0 radical (unpaired) electrons. The summed E-state index contributed by atoms with van der Waals surface area (Å²) in [6.07, 6.45) is 0. The van der Waals surface area contributed by atoms with Gasteiger partial charge in [-0.1, -0.05) is 25.6 Å². The van der Waals surface area contributed by atoms with Crippen LogP contribution in [0.15, 0.2) is 29.3 Å². The van der Waals surface area contributed by atoms with E-state index in [0.717, 1.165) is 12.3 Å². The highest BCUT2D eigenvalue weighted by molar-refractivity contribution is 8.13. The van der Waals surface area contributed by atoms with Crippen molar-refractivity contribution in [3.63, 3.8) is 0 Å². The lowest BCUT2D eigenvalue weighted by Crippen LogP contribution is -2.12. The van der Waals surface area contributed by atoms with Gasteiger partial charge in [-0.15, -0.1) is 0 Å². The molecular formula is C13H19FN2OS. The van der Waals surface area contributed by atoms with Crippen molar-refractivity contribution in [2.75, 3.05) is 18.9 Å². The average molecular weight is 270 g/mol. The third kappa shape index (κ3) is 6.49. The molecule has 0 heterocycles. The Morgan fingerprint density at radius 2 is 2.06 bits per heavy atom. The molecule has 0 unspecified atom stereocenters. The van der Waals surface area contributed by atoms with Crippen LogP contribution in [0.4, 0.5) is 4.39 Å². The molecule has 3 nitrogen and oxygen atoms in total. The summed E-state index contributed by atoms with van der Waals surface area (Å²) in [5.41, 5.74) is 5.73. The van der Waals surface area contributed by atoms with Crippen LogP contribution >= 0.6 is 11.8 Å². The summed E-state index contributed by atoms with van der Waals surface area (Å²) in [4.78, 5) is 4.23. The van der Waals surface area contributed by atoms with Gasteiger partial charge in [0, 0.05) is 12.3 Å². The third-order valence-electron chi connectivity index (χ3n) is 2.03. The Kier molecular flexibility index (Phi) is 6.57. The minimum Gasteiger partial charge on any atom is -0.493 e. The van der Waals surface area contributed by atoms with E-state index in [9.17, 15) is 4.39 Å². The predicted octanol–water partition coefficient (Wildman–Crippen LogP) is 2.91. The number of nitrogens with two attached hydrogens (primary N) is 1. The van der Waals surface area contributed by atoms with Gasteiger partial charge in [-0.3, -0.25) is 4.99 Å². The van der Waals surface area contributed by atoms with Crippen molar-refractivity contribution >= 4 is 16.9 Å². The second-order valence-electron chi connectivity index (χ2n) is 4.22. The molecule has 0 saturated heterocycles. The zero-order valence-corrected chi connectivity index (χ0v) is 11.5. The molecule has 0 aliphatic heterocycles. The van der Waals surface area contributed by atoms with E-state index in [-0.39, 0.29) is 5.82 Å². The molecule has 0 bridgehead atoms. The molecule has 100 valence electrons. The second kappa shape index (κ2) is 7.97. The Labute approximate surface area is 112 Å². The van der Waals surface area contributed by atoms with Gasteiger partial charge in [-0.25, -0.2) is 4.39 Å². The van der Waals surface area contributed by atoms with Crippen molar-refractivity contribution in [3.05, 3.63) is 30.1 Å². The Balaban J connectivity index is 2.18. The Morgan fingerprint density at radius 1 is 1.39 bits per heavy atom. The van der Waals surface area contributed by atoms with Crippen LogP contribution in [0, 0.1) is 11.7 Å². The first-order valence-corrected chi connectivity index (χ1v) is 6.87. The van der Waals surface area contributed by atoms with Crippen LogP contribution in [-0.4, -0.2) is 24.1 Å². The fourth-order valence-corrected chi connectivity index (χ4v) is 1.70. The van der Waals surface area contributed by atoms with E-state index >= 15 is 0 Å². The molecule has 1 aromatic carbocycles. The van der Waals surface area contributed by atoms with E-state index < -0.39 is 0 Å². The van der Waals surface area contributed by atoms with Crippen LogP contribution in [0.25, 0.3) is 0 Å². The summed E-state index contributed by atoms with van der Waals surface area (Å²) < 4.78 is 18.1. The van der Waals surface area contributed by atoms with E-state index in [1.54, 1.807) is 12.1 Å². The van der Waals surface area contributed by atoms with Gasteiger partial charge in [0.2, 0.25) is 0 Å². The lowest BCUT2D eigenvalue weighted by molar-refractivity contribution is 0.343. The lowest BCUT2D eigenvalue weighted by Gasteiger charge is -2.06. The van der Waals surface area contributed by atoms with Crippen LogP contribution in [0.1, 0.15) is 13.8 Å². The molecule has 0 fully saturated rings. The number of amidine groups is 1. The van der Waals surface area contributed by atoms with E-state index in [1.807, 2.05) is 0 Å². The van der Waals surface area contributed by atoms with Crippen molar-refractivity contribution < 1.29 is 9.13 Å². The summed E-state index contributed by atoms with van der Waals surface area (Å²) in [5.74, 6) is 1.64. The average Bonchev–Trinajstić information content (AvgIpc) is 2.34. The minimum atomic E-state index is -0.262. The van der Waals surface area contributed by atoms with Crippen molar-refractivity contribution in [1.29, 1.82) is 0 Å². The SMILES string of the molecule is CC(C)CN=C(N)SCCOc1ccc(F)cc1. The summed E-state index contributed by atoms with van der Waals surface area (Å²) in [6, 6.07) is 5.97. The van der Waals surface area contributed by atoms with Gasteiger partial charge in [-0.05, 0) is 30.2 Å². The molecule has 5 heteroatoms. The van der Waals surface area contributed by atoms with E-state index in [4.69, 9.17) is 10.5 Å². The normalized spacial score (nSPS) is 11.9. The number of benzene rings is 1. The molecule has 1 aromatic rings. The molecule has 1 rings (SSSR count). The summed E-state index contributed by atoms with van der Waals surface area (Å²) in [7, 11) is 0. The van der Waals surface area contributed by atoms with Gasteiger partial charge in [0.15, 0.2) is 5.17 Å². The van der Waals surface area contributed by atoms with Crippen LogP contribution in [0.3, 0.4) is 0 Å². The van der Waals surface area contributed by atoms with E-state index in [2.05, 4.69) is 18.8 Å². The molecule has 0 aromatic heterocycles. The number of nitrogens with zero attached hydrogens (tertiary/aromatic N) is 1. The molecule has 0 amide bonds. The first kappa shape index (κ1) is 14.8. The number of ether oxygens (including phenoxy) is 1. The van der Waals surface area contributed by atoms with Gasteiger partial charge < -0.3 is 10.5 Å². The topological polar surface area (TPSA) is 47.6 Å². The van der Waals surface area contributed by atoms with Crippen molar-refractivity contribution in [2.45, 2.75) is 13.8 Å². The van der Waals surface area contributed by atoms with Gasteiger partial charge >= 0.3 is 0 Å². The van der Waals surface area contributed by atoms with Crippen LogP contribution in [0.2, 0.25) is 0 Å². The van der Waals surface area contributed by atoms with Crippen molar-refractivity contribution in [2.24, 2.45) is 16.6 Å². The zero-order chi connectivity index (χ0) is 13.4. The quantitative estimate of drug-likeness (QED) is 0.491. The Hall–Kier alpha value is -1.23. The maximum atomic E-state index is 12.6. The molecule has 0 aliphatic carbocycles.